The summed E-state index contributed by atoms with van der Waals surface area (Å²) in [5, 5.41) is 3.30. The first-order valence-corrected chi connectivity index (χ1v) is 8.86. The molecule has 0 aliphatic carbocycles. The summed E-state index contributed by atoms with van der Waals surface area (Å²) in [6.07, 6.45) is 0. The average Bonchev–Trinajstić information content (AvgIpc) is 2.67. The molecule has 2 aromatic rings. The summed E-state index contributed by atoms with van der Waals surface area (Å²) in [5.74, 6) is 0.497. The van der Waals surface area contributed by atoms with Gasteiger partial charge in [0.25, 0.3) is 11.8 Å². The Morgan fingerprint density at radius 3 is 2.58 bits per heavy atom. The van der Waals surface area contributed by atoms with Crippen LogP contribution in [0.4, 0.5) is 11.4 Å². The van der Waals surface area contributed by atoms with Gasteiger partial charge in [0.1, 0.15) is 0 Å². The lowest BCUT2D eigenvalue weighted by Gasteiger charge is -2.37. The van der Waals surface area contributed by atoms with E-state index in [9.17, 15) is 9.59 Å². The lowest BCUT2D eigenvalue weighted by molar-refractivity contribution is -0.118. The predicted molar refractivity (Wildman–Crippen MR) is 100 cm³/mol. The van der Waals surface area contributed by atoms with E-state index in [1.807, 2.05) is 35.2 Å². The second kappa shape index (κ2) is 6.88. The molecule has 2 aromatic carbocycles. The zero-order valence-electron chi connectivity index (χ0n) is 14.1. The highest BCUT2D eigenvalue weighted by molar-refractivity contribution is 6.33. The molecule has 0 bridgehead atoms. The maximum Gasteiger partial charge on any atom is 0.262 e. The van der Waals surface area contributed by atoms with Gasteiger partial charge in [0, 0.05) is 26.2 Å². The number of carbonyl (C=O) groups excluding carboxylic acids is 2. The van der Waals surface area contributed by atoms with Crippen molar-refractivity contribution in [3.63, 3.8) is 0 Å². The molecule has 2 heterocycles. The highest BCUT2D eigenvalue weighted by Gasteiger charge is 2.27. The summed E-state index contributed by atoms with van der Waals surface area (Å²) in [6, 6.07) is 12.8. The van der Waals surface area contributed by atoms with E-state index >= 15 is 0 Å². The molecule has 4 rings (SSSR count). The summed E-state index contributed by atoms with van der Waals surface area (Å²) < 4.78 is 5.63. The third kappa shape index (κ3) is 3.08. The molecule has 0 radical (unpaired) electrons. The number of nitrogens with one attached hydrogen (secondary N) is 1. The number of ether oxygens (including phenoxy) is 1. The molecule has 2 aliphatic heterocycles. The number of hydrogen-bond donors (Lipinski definition) is 1. The van der Waals surface area contributed by atoms with E-state index in [-0.39, 0.29) is 18.4 Å². The van der Waals surface area contributed by atoms with Crippen LogP contribution in [0.25, 0.3) is 0 Å². The fourth-order valence-corrected chi connectivity index (χ4v) is 3.52. The smallest absolute Gasteiger partial charge is 0.262 e. The molecule has 134 valence electrons. The maximum absolute atomic E-state index is 12.7. The third-order valence-electron chi connectivity index (χ3n) is 4.63. The molecule has 0 aromatic heterocycles. The Morgan fingerprint density at radius 2 is 1.81 bits per heavy atom. The Kier molecular flexibility index (Phi) is 4.42. The van der Waals surface area contributed by atoms with Gasteiger partial charge >= 0.3 is 0 Å². The van der Waals surface area contributed by atoms with Gasteiger partial charge in [-0.25, -0.2) is 0 Å². The second-order valence-corrected chi connectivity index (χ2v) is 6.66. The number of piperazine rings is 1. The minimum Gasteiger partial charge on any atom is -0.479 e. The number of hydrogen-bond acceptors (Lipinski definition) is 4. The van der Waals surface area contributed by atoms with E-state index in [1.54, 1.807) is 12.1 Å². The van der Waals surface area contributed by atoms with Crippen LogP contribution in [0.15, 0.2) is 42.5 Å². The lowest BCUT2D eigenvalue weighted by Crippen LogP contribution is -2.49. The van der Waals surface area contributed by atoms with Gasteiger partial charge in [0.2, 0.25) is 0 Å². The molecule has 6 nitrogen and oxygen atoms in total. The van der Waals surface area contributed by atoms with Crippen molar-refractivity contribution in [1.82, 2.24) is 4.90 Å². The first kappa shape index (κ1) is 16.7. The van der Waals surface area contributed by atoms with Crippen molar-refractivity contribution in [2.75, 3.05) is 43.0 Å². The number of benzene rings is 2. The van der Waals surface area contributed by atoms with Crippen LogP contribution in [0.2, 0.25) is 5.02 Å². The van der Waals surface area contributed by atoms with Gasteiger partial charge < -0.3 is 19.9 Å². The minimum absolute atomic E-state index is 0.0228. The van der Waals surface area contributed by atoms with E-state index in [4.69, 9.17) is 16.3 Å². The minimum atomic E-state index is -0.148. The SMILES string of the molecule is O=C1COc2c(cccc2N2CCN(C(=O)c3ccccc3Cl)CC2)N1. The lowest BCUT2D eigenvalue weighted by atomic mass is 10.1. The highest BCUT2D eigenvalue weighted by atomic mass is 35.5. The van der Waals surface area contributed by atoms with Gasteiger partial charge in [0.15, 0.2) is 12.4 Å². The van der Waals surface area contributed by atoms with Crippen LogP contribution in [0.3, 0.4) is 0 Å². The molecule has 0 saturated carbocycles. The normalized spacial score (nSPS) is 16.6. The number of para-hydroxylation sites is 1. The first-order valence-electron chi connectivity index (χ1n) is 8.48. The van der Waals surface area contributed by atoms with E-state index in [0.717, 1.165) is 5.69 Å². The fraction of sp³-hybridized carbons (Fsp3) is 0.263. The molecule has 0 unspecified atom stereocenters. The molecule has 7 heteroatoms. The Balaban J connectivity index is 1.48. The number of anilines is 2. The molecule has 0 spiro atoms. The van der Waals surface area contributed by atoms with Gasteiger partial charge in [-0.15, -0.1) is 0 Å². The van der Waals surface area contributed by atoms with Crippen LogP contribution in [-0.4, -0.2) is 49.5 Å². The number of carbonyl (C=O) groups is 2. The number of amides is 2. The highest BCUT2D eigenvalue weighted by Crippen LogP contribution is 2.38. The number of fused-ring (bicyclic) bond motifs is 1. The van der Waals surface area contributed by atoms with Crippen molar-refractivity contribution in [3.05, 3.63) is 53.1 Å². The van der Waals surface area contributed by atoms with Gasteiger partial charge in [-0.3, -0.25) is 9.59 Å². The van der Waals surface area contributed by atoms with Crippen molar-refractivity contribution in [1.29, 1.82) is 0 Å². The van der Waals surface area contributed by atoms with Crippen molar-refractivity contribution in [2.45, 2.75) is 0 Å². The number of halogens is 1. The Hall–Kier alpha value is -2.73. The van der Waals surface area contributed by atoms with E-state index < -0.39 is 0 Å². The topological polar surface area (TPSA) is 61.9 Å². The third-order valence-corrected chi connectivity index (χ3v) is 4.96. The molecule has 2 aliphatic rings. The van der Waals surface area contributed by atoms with Crippen LogP contribution < -0.4 is 15.0 Å². The van der Waals surface area contributed by atoms with E-state index in [1.165, 1.54) is 0 Å². The number of rotatable bonds is 2. The zero-order valence-corrected chi connectivity index (χ0v) is 14.8. The molecular formula is C19H18ClN3O3. The van der Waals surface area contributed by atoms with Crippen molar-refractivity contribution in [2.24, 2.45) is 0 Å². The van der Waals surface area contributed by atoms with Crippen molar-refractivity contribution in [3.8, 4) is 5.75 Å². The fourth-order valence-electron chi connectivity index (χ4n) is 3.30. The molecule has 1 N–H and O–H groups in total. The number of nitrogens with zero attached hydrogens (tertiary/aromatic N) is 2. The largest absolute Gasteiger partial charge is 0.479 e. The van der Waals surface area contributed by atoms with Gasteiger partial charge in [0.05, 0.1) is 22.0 Å². The van der Waals surface area contributed by atoms with E-state index in [0.29, 0.717) is 48.2 Å². The van der Waals surface area contributed by atoms with Crippen LogP contribution in [0.1, 0.15) is 10.4 Å². The molecule has 1 saturated heterocycles. The first-order chi connectivity index (χ1) is 12.6. The molecule has 1 fully saturated rings. The average molecular weight is 372 g/mol. The Labute approximate surface area is 156 Å². The van der Waals surface area contributed by atoms with E-state index in [2.05, 4.69) is 10.2 Å². The van der Waals surface area contributed by atoms with Crippen LogP contribution in [0, 0.1) is 0 Å². The Bertz CT molecular complexity index is 863. The van der Waals surface area contributed by atoms with Gasteiger partial charge in [-0.2, -0.15) is 0 Å². The van der Waals surface area contributed by atoms with Crippen molar-refractivity contribution >= 4 is 34.8 Å². The quantitative estimate of drug-likeness (QED) is 0.881. The van der Waals surface area contributed by atoms with Crippen LogP contribution >= 0.6 is 11.6 Å². The maximum atomic E-state index is 12.7. The monoisotopic (exact) mass is 371 g/mol. The van der Waals surface area contributed by atoms with Gasteiger partial charge in [-0.05, 0) is 24.3 Å². The molecular weight excluding hydrogens is 354 g/mol. The Morgan fingerprint density at radius 1 is 1.04 bits per heavy atom. The van der Waals surface area contributed by atoms with Gasteiger partial charge in [-0.1, -0.05) is 29.8 Å². The summed E-state index contributed by atoms with van der Waals surface area (Å²) in [4.78, 5) is 28.2. The standard InChI is InChI=1S/C19H18ClN3O3/c20-14-5-2-1-4-13(14)19(25)23-10-8-22(9-11-23)16-7-3-6-15-18(16)26-12-17(24)21-15/h1-7H,8-12H2,(H,21,24). The second-order valence-electron chi connectivity index (χ2n) is 6.25. The van der Waals surface area contributed by atoms with Crippen molar-refractivity contribution < 1.29 is 14.3 Å². The van der Waals surface area contributed by atoms with Crippen LogP contribution in [0.5, 0.6) is 5.75 Å². The summed E-state index contributed by atoms with van der Waals surface area (Å²) in [5.41, 5.74) is 2.16. The zero-order chi connectivity index (χ0) is 18.1. The molecule has 2 amide bonds. The summed E-state index contributed by atoms with van der Waals surface area (Å²) >= 11 is 6.15. The predicted octanol–water partition coefficient (Wildman–Crippen LogP) is 2.63. The van der Waals surface area contributed by atoms with Crippen LogP contribution in [-0.2, 0) is 4.79 Å². The molecule has 0 atom stereocenters. The summed E-state index contributed by atoms with van der Waals surface area (Å²) in [7, 11) is 0. The summed E-state index contributed by atoms with van der Waals surface area (Å²) in [6.45, 7) is 2.59. The molecule has 26 heavy (non-hydrogen) atoms.